The summed E-state index contributed by atoms with van der Waals surface area (Å²) in [6.07, 6.45) is -0.686. The Hall–Kier alpha value is -1.76. The van der Waals surface area contributed by atoms with Crippen LogP contribution in [0.25, 0.3) is 0 Å². The van der Waals surface area contributed by atoms with Crippen LogP contribution in [0.5, 0.6) is 0 Å². The number of benzene rings is 1. The molecular formula is C16H22FN3O2. The second-order valence-corrected chi connectivity index (χ2v) is 5.29. The average Bonchev–Trinajstić information content (AvgIpc) is 2.75. The highest BCUT2D eigenvalue weighted by atomic mass is 19.1. The SMILES string of the molecule is Cc1nn(CCO)c(C)c1CNCC(O)c1ccc(F)cc1. The van der Waals surface area contributed by atoms with E-state index in [1.807, 2.05) is 13.8 Å². The summed E-state index contributed by atoms with van der Waals surface area (Å²) in [5.74, 6) is -0.313. The predicted molar refractivity (Wildman–Crippen MR) is 81.9 cm³/mol. The predicted octanol–water partition coefficient (Wildman–Crippen LogP) is 1.45. The zero-order valence-electron chi connectivity index (χ0n) is 12.9. The van der Waals surface area contributed by atoms with Crippen molar-refractivity contribution in [1.82, 2.24) is 15.1 Å². The first kappa shape index (κ1) is 16.6. The third-order valence-corrected chi connectivity index (χ3v) is 3.74. The maximum Gasteiger partial charge on any atom is 0.123 e. The monoisotopic (exact) mass is 307 g/mol. The number of hydrogen-bond donors (Lipinski definition) is 3. The van der Waals surface area contributed by atoms with Crippen LogP contribution in [0.3, 0.4) is 0 Å². The van der Waals surface area contributed by atoms with Crippen molar-refractivity contribution in [3.63, 3.8) is 0 Å². The van der Waals surface area contributed by atoms with Gasteiger partial charge in [-0.15, -0.1) is 0 Å². The summed E-state index contributed by atoms with van der Waals surface area (Å²) < 4.78 is 14.6. The number of nitrogens with one attached hydrogen (secondary N) is 1. The minimum Gasteiger partial charge on any atom is -0.394 e. The Morgan fingerprint density at radius 3 is 2.59 bits per heavy atom. The molecule has 5 nitrogen and oxygen atoms in total. The number of aliphatic hydroxyl groups is 2. The van der Waals surface area contributed by atoms with Gasteiger partial charge in [-0.1, -0.05) is 12.1 Å². The molecule has 1 unspecified atom stereocenters. The highest BCUT2D eigenvalue weighted by Gasteiger charge is 2.12. The molecule has 0 aliphatic carbocycles. The minimum absolute atomic E-state index is 0.0537. The molecule has 6 heteroatoms. The fraction of sp³-hybridized carbons (Fsp3) is 0.438. The van der Waals surface area contributed by atoms with Crippen molar-refractivity contribution in [3.05, 3.63) is 52.6 Å². The highest BCUT2D eigenvalue weighted by Crippen LogP contribution is 2.15. The Balaban J connectivity index is 1.92. The zero-order valence-corrected chi connectivity index (χ0v) is 12.9. The van der Waals surface area contributed by atoms with Crippen LogP contribution < -0.4 is 5.32 Å². The van der Waals surface area contributed by atoms with E-state index >= 15 is 0 Å². The fourth-order valence-electron chi connectivity index (χ4n) is 2.44. The van der Waals surface area contributed by atoms with Gasteiger partial charge in [0.15, 0.2) is 0 Å². The summed E-state index contributed by atoms with van der Waals surface area (Å²) in [6.45, 7) is 5.37. The van der Waals surface area contributed by atoms with Gasteiger partial charge in [-0.25, -0.2) is 4.39 Å². The zero-order chi connectivity index (χ0) is 16.1. The second-order valence-electron chi connectivity index (χ2n) is 5.29. The van der Waals surface area contributed by atoms with E-state index in [0.29, 0.717) is 25.2 Å². The normalized spacial score (nSPS) is 12.6. The lowest BCUT2D eigenvalue weighted by Gasteiger charge is -2.12. The maximum atomic E-state index is 12.9. The Labute approximate surface area is 129 Å². The lowest BCUT2D eigenvalue weighted by molar-refractivity contribution is 0.174. The molecule has 0 fully saturated rings. The average molecular weight is 307 g/mol. The van der Waals surface area contributed by atoms with Gasteiger partial charge >= 0.3 is 0 Å². The molecule has 1 heterocycles. The Kier molecular flexibility index (Phi) is 5.65. The van der Waals surface area contributed by atoms with Gasteiger partial charge < -0.3 is 15.5 Å². The Morgan fingerprint density at radius 2 is 1.95 bits per heavy atom. The van der Waals surface area contributed by atoms with Gasteiger partial charge in [0.05, 0.1) is 24.9 Å². The lowest BCUT2D eigenvalue weighted by atomic mass is 10.1. The molecule has 0 aliphatic heterocycles. The van der Waals surface area contributed by atoms with E-state index in [0.717, 1.165) is 17.0 Å². The van der Waals surface area contributed by atoms with Crippen LogP contribution in [-0.2, 0) is 13.1 Å². The van der Waals surface area contributed by atoms with Gasteiger partial charge in [0.25, 0.3) is 0 Å². The van der Waals surface area contributed by atoms with Crippen LogP contribution in [0.1, 0.15) is 28.6 Å². The molecule has 120 valence electrons. The molecule has 1 aromatic heterocycles. The third-order valence-electron chi connectivity index (χ3n) is 3.74. The molecule has 0 amide bonds. The van der Waals surface area contributed by atoms with Crippen LogP contribution in [0.4, 0.5) is 4.39 Å². The van der Waals surface area contributed by atoms with E-state index in [-0.39, 0.29) is 12.4 Å². The van der Waals surface area contributed by atoms with E-state index in [1.165, 1.54) is 12.1 Å². The van der Waals surface area contributed by atoms with Crippen molar-refractivity contribution in [1.29, 1.82) is 0 Å². The van der Waals surface area contributed by atoms with Crippen LogP contribution in [-0.4, -0.2) is 33.1 Å². The van der Waals surface area contributed by atoms with Gasteiger partial charge in [-0.3, -0.25) is 4.68 Å². The van der Waals surface area contributed by atoms with Crippen LogP contribution in [0, 0.1) is 19.7 Å². The van der Waals surface area contributed by atoms with Crippen LogP contribution in [0.2, 0.25) is 0 Å². The molecule has 1 aromatic carbocycles. The largest absolute Gasteiger partial charge is 0.394 e. The highest BCUT2D eigenvalue weighted by molar-refractivity contribution is 5.24. The number of nitrogens with zero attached hydrogens (tertiary/aromatic N) is 2. The van der Waals surface area contributed by atoms with Gasteiger partial charge in [0.2, 0.25) is 0 Å². The van der Waals surface area contributed by atoms with Crippen molar-refractivity contribution in [2.75, 3.05) is 13.2 Å². The summed E-state index contributed by atoms with van der Waals surface area (Å²) in [5.41, 5.74) is 3.67. The first-order chi connectivity index (χ1) is 10.5. The number of aromatic nitrogens is 2. The third kappa shape index (κ3) is 3.91. The van der Waals surface area contributed by atoms with Crippen LogP contribution in [0.15, 0.2) is 24.3 Å². The summed E-state index contributed by atoms with van der Waals surface area (Å²) in [7, 11) is 0. The molecule has 2 aromatic rings. The van der Waals surface area contributed by atoms with Gasteiger partial charge in [-0.2, -0.15) is 5.10 Å². The van der Waals surface area contributed by atoms with Crippen molar-refractivity contribution >= 4 is 0 Å². The second kappa shape index (κ2) is 7.49. The van der Waals surface area contributed by atoms with E-state index in [1.54, 1.807) is 16.8 Å². The molecule has 0 bridgehead atoms. The first-order valence-electron chi connectivity index (χ1n) is 7.31. The Morgan fingerprint density at radius 1 is 1.27 bits per heavy atom. The summed E-state index contributed by atoms with van der Waals surface area (Å²) >= 11 is 0. The van der Waals surface area contributed by atoms with Crippen molar-refractivity contribution in [2.24, 2.45) is 0 Å². The minimum atomic E-state index is -0.686. The molecule has 1 atom stereocenters. The number of aliphatic hydroxyl groups excluding tert-OH is 2. The smallest absolute Gasteiger partial charge is 0.123 e. The van der Waals surface area contributed by atoms with E-state index in [9.17, 15) is 9.50 Å². The van der Waals surface area contributed by atoms with Crippen molar-refractivity contribution in [2.45, 2.75) is 33.0 Å². The number of halogens is 1. The standard InChI is InChI=1S/C16H22FN3O2/c1-11-15(12(2)20(19-11)7-8-21)9-18-10-16(22)13-3-5-14(17)6-4-13/h3-6,16,18,21-22H,7-10H2,1-2H3. The fourth-order valence-corrected chi connectivity index (χ4v) is 2.44. The molecule has 0 spiro atoms. The number of aryl methyl sites for hydroxylation is 1. The quantitative estimate of drug-likeness (QED) is 0.724. The van der Waals surface area contributed by atoms with E-state index < -0.39 is 6.10 Å². The van der Waals surface area contributed by atoms with Gasteiger partial charge in [0.1, 0.15) is 5.82 Å². The molecule has 0 radical (unpaired) electrons. The van der Waals surface area contributed by atoms with Crippen LogP contribution >= 0.6 is 0 Å². The summed E-state index contributed by atoms with van der Waals surface area (Å²) in [6, 6.07) is 5.84. The molecule has 0 saturated carbocycles. The number of hydrogen-bond acceptors (Lipinski definition) is 4. The van der Waals surface area contributed by atoms with Gasteiger partial charge in [0, 0.05) is 24.3 Å². The summed E-state index contributed by atoms with van der Waals surface area (Å²) in [4.78, 5) is 0. The lowest BCUT2D eigenvalue weighted by Crippen LogP contribution is -2.21. The van der Waals surface area contributed by atoms with E-state index in [2.05, 4.69) is 10.4 Å². The molecular weight excluding hydrogens is 285 g/mol. The van der Waals surface area contributed by atoms with Gasteiger partial charge in [-0.05, 0) is 31.5 Å². The molecule has 0 saturated heterocycles. The molecule has 0 aliphatic rings. The number of rotatable bonds is 7. The van der Waals surface area contributed by atoms with Crippen molar-refractivity contribution < 1.29 is 14.6 Å². The van der Waals surface area contributed by atoms with E-state index in [4.69, 9.17) is 5.11 Å². The van der Waals surface area contributed by atoms with Crippen molar-refractivity contribution in [3.8, 4) is 0 Å². The Bertz CT molecular complexity index is 611. The molecule has 22 heavy (non-hydrogen) atoms. The summed E-state index contributed by atoms with van der Waals surface area (Å²) in [5, 5.41) is 26.7. The first-order valence-corrected chi connectivity index (χ1v) is 7.31. The topological polar surface area (TPSA) is 70.3 Å². The molecule has 2 rings (SSSR count). The maximum absolute atomic E-state index is 12.9. The molecule has 3 N–H and O–H groups in total.